The second kappa shape index (κ2) is 3.65. The molecule has 3 unspecified atom stereocenters. The first-order valence-corrected chi connectivity index (χ1v) is 6.25. The predicted octanol–water partition coefficient (Wildman–Crippen LogP) is 0.377. The van der Waals surface area contributed by atoms with E-state index in [4.69, 9.17) is 23.7 Å². The molecule has 0 aromatic rings. The largest absolute Gasteiger partial charge is 0.385 e. The minimum absolute atomic E-state index is 0.189. The summed E-state index contributed by atoms with van der Waals surface area (Å²) in [6, 6.07) is 0. The molecule has 0 aromatic heterocycles. The van der Waals surface area contributed by atoms with Crippen molar-refractivity contribution < 1.29 is 28.8 Å². The van der Waals surface area contributed by atoms with Crippen LogP contribution in [0.4, 0.5) is 0 Å². The number of hydrogen-bond donors (Lipinski definition) is 1. The summed E-state index contributed by atoms with van der Waals surface area (Å²) in [4.78, 5) is 0. The van der Waals surface area contributed by atoms with Crippen molar-refractivity contribution in [2.75, 3.05) is 13.2 Å². The van der Waals surface area contributed by atoms with Crippen LogP contribution < -0.4 is 0 Å². The van der Waals surface area contributed by atoms with E-state index in [0.717, 1.165) is 0 Å². The molecule has 4 atom stereocenters. The monoisotopic (exact) mass is 260 g/mol. The Morgan fingerprint density at radius 2 is 1.72 bits per heavy atom. The Morgan fingerprint density at radius 1 is 1.00 bits per heavy atom. The predicted molar refractivity (Wildman–Crippen MR) is 59.6 cm³/mol. The Balaban J connectivity index is 1.82. The first kappa shape index (κ1) is 12.8. The smallest absolute Gasteiger partial charge is 0.224 e. The number of aliphatic hydroxyl groups excluding tert-OH is 1. The van der Waals surface area contributed by atoms with Crippen molar-refractivity contribution in [1.29, 1.82) is 0 Å². The van der Waals surface area contributed by atoms with Gasteiger partial charge in [0, 0.05) is 0 Å². The molecule has 0 aromatic carbocycles. The van der Waals surface area contributed by atoms with Gasteiger partial charge in [-0.25, -0.2) is 0 Å². The van der Waals surface area contributed by atoms with Crippen molar-refractivity contribution in [1.82, 2.24) is 0 Å². The van der Waals surface area contributed by atoms with Crippen LogP contribution in [0.25, 0.3) is 0 Å². The van der Waals surface area contributed by atoms with Gasteiger partial charge in [-0.05, 0) is 27.7 Å². The van der Waals surface area contributed by atoms with Crippen LogP contribution in [0.5, 0.6) is 0 Å². The number of hydrogen-bond acceptors (Lipinski definition) is 6. The Kier molecular flexibility index (Phi) is 2.59. The molecule has 0 amide bonds. The molecule has 104 valence electrons. The van der Waals surface area contributed by atoms with Crippen molar-refractivity contribution >= 4 is 0 Å². The topological polar surface area (TPSA) is 66.4 Å². The minimum atomic E-state index is -1.14. The van der Waals surface area contributed by atoms with E-state index in [1.54, 1.807) is 13.8 Å². The molecule has 18 heavy (non-hydrogen) atoms. The van der Waals surface area contributed by atoms with E-state index < -0.39 is 29.6 Å². The van der Waals surface area contributed by atoms with E-state index in [9.17, 15) is 5.11 Å². The van der Waals surface area contributed by atoms with Gasteiger partial charge in [-0.1, -0.05) is 0 Å². The molecule has 0 bridgehead atoms. The Morgan fingerprint density at radius 3 is 2.33 bits per heavy atom. The van der Waals surface area contributed by atoms with Crippen molar-refractivity contribution in [2.45, 2.75) is 63.4 Å². The highest BCUT2D eigenvalue weighted by molar-refractivity contribution is 5.00. The van der Waals surface area contributed by atoms with Gasteiger partial charge < -0.3 is 28.8 Å². The van der Waals surface area contributed by atoms with Crippen LogP contribution in [0.15, 0.2) is 0 Å². The van der Waals surface area contributed by atoms with Crippen molar-refractivity contribution in [3.63, 3.8) is 0 Å². The molecular weight excluding hydrogens is 240 g/mol. The highest BCUT2D eigenvalue weighted by Gasteiger charge is 2.62. The fourth-order valence-corrected chi connectivity index (χ4v) is 2.78. The van der Waals surface area contributed by atoms with Gasteiger partial charge in [0.25, 0.3) is 0 Å². The van der Waals surface area contributed by atoms with Crippen LogP contribution in [0.2, 0.25) is 0 Å². The quantitative estimate of drug-likeness (QED) is 0.679. The zero-order valence-electron chi connectivity index (χ0n) is 11.1. The van der Waals surface area contributed by atoms with Gasteiger partial charge in [0.05, 0.1) is 6.61 Å². The normalized spacial score (nSPS) is 49.5. The molecular formula is C12H20O6. The first-order chi connectivity index (χ1) is 8.23. The van der Waals surface area contributed by atoms with Crippen LogP contribution in [-0.4, -0.2) is 54.0 Å². The molecule has 0 saturated carbocycles. The zero-order chi connectivity index (χ0) is 13.2. The van der Waals surface area contributed by atoms with Gasteiger partial charge >= 0.3 is 0 Å². The molecule has 1 spiro atoms. The minimum Gasteiger partial charge on any atom is -0.385 e. The fourth-order valence-electron chi connectivity index (χ4n) is 2.78. The van der Waals surface area contributed by atoms with Crippen LogP contribution in [0.1, 0.15) is 27.7 Å². The molecule has 0 radical (unpaired) electrons. The molecule has 0 aliphatic carbocycles. The van der Waals surface area contributed by atoms with Gasteiger partial charge in [0.15, 0.2) is 11.6 Å². The lowest BCUT2D eigenvalue weighted by atomic mass is 9.97. The van der Waals surface area contributed by atoms with E-state index in [1.165, 1.54) is 0 Å². The molecule has 6 nitrogen and oxygen atoms in total. The van der Waals surface area contributed by atoms with E-state index in [1.807, 2.05) is 13.8 Å². The third-order valence-electron chi connectivity index (χ3n) is 3.51. The molecule has 6 heteroatoms. The molecule has 3 fully saturated rings. The summed E-state index contributed by atoms with van der Waals surface area (Å²) < 4.78 is 28.3. The number of aliphatic hydroxyl groups is 1. The van der Waals surface area contributed by atoms with Gasteiger partial charge in [0.2, 0.25) is 5.79 Å². The molecule has 3 saturated heterocycles. The van der Waals surface area contributed by atoms with Gasteiger partial charge in [-0.15, -0.1) is 0 Å². The SMILES string of the molecule is CC1(C)OC2CO[C@]3(COC(C)(C)O3)C(O)C2O1. The number of rotatable bonds is 0. The van der Waals surface area contributed by atoms with Crippen molar-refractivity contribution in [3.05, 3.63) is 0 Å². The zero-order valence-corrected chi connectivity index (χ0v) is 11.1. The lowest BCUT2D eigenvalue weighted by Crippen LogP contribution is -2.61. The van der Waals surface area contributed by atoms with Gasteiger partial charge in [-0.3, -0.25) is 0 Å². The second-order valence-electron chi connectivity index (χ2n) is 6.00. The summed E-state index contributed by atoms with van der Waals surface area (Å²) in [7, 11) is 0. The molecule has 3 heterocycles. The molecule has 3 aliphatic heterocycles. The summed E-state index contributed by atoms with van der Waals surface area (Å²) in [5.41, 5.74) is 0. The third kappa shape index (κ3) is 1.88. The Hall–Kier alpha value is -0.240. The van der Waals surface area contributed by atoms with E-state index in [0.29, 0.717) is 6.61 Å². The summed E-state index contributed by atoms with van der Waals surface area (Å²) in [6.07, 6.45) is -1.65. The van der Waals surface area contributed by atoms with E-state index >= 15 is 0 Å². The van der Waals surface area contributed by atoms with E-state index in [-0.39, 0.29) is 12.7 Å². The van der Waals surface area contributed by atoms with Crippen LogP contribution >= 0.6 is 0 Å². The fraction of sp³-hybridized carbons (Fsp3) is 1.00. The lowest BCUT2D eigenvalue weighted by molar-refractivity contribution is -0.326. The Labute approximate surface area is 106 Å². The summed E-state index contributed by atoms with van der Waals surface area (Å²) in [5, 5.41) is 10.5. The maximum Gasteiger partial charge on any atom is 0.224 e. The second-order valence-corrected chi connectivity index (χ2v) is 6.00. The van der Waals surface area contributed by atoms with Gasteiger partial charge in [-0.2, -0.15) is 0 Å². The van der Waals surface area contributed by atoms with Gasteiger partial charge in [0.1, 0.15) is 24.9 Å². The molecule has 3 aliphatic rings. The number of ether oxygens (including phenoxy) is 5. The highest BCUT2D eigenvalue weighted by Crippen LogP contribution is 2.43. The summed E-state index contributed by atoms with van der Waals surface area (Å²) >= 11 is 0. The van der Waals surface area contributed by atoms with Crippen LogP contribution in [0.3, 0.4) is 0 Å². The highest BCUT2D eigenvalue weighted by atomic mass is 16.9. The Bertz CT molecular complexity index is 352. The van der Waals surface area contributed by atoms with Crippen LogP contribution in [0, 0.1) is 0 Å². The summed E-state index contributed by atoms with van der Waals surface area (Å²) in [6.45, 7) is 7.74. The summed E-state index contributed by atoms with van der Waals surface area (Å²) in [5.74, 6) is -2.61. The first-order valence-electron chi connectivity index (χ1n) is 6.25. The third-order valence-corrected chi connectivity index (χ3v) is 3.51. The molecule has 3 rings (SSSR count). The maximum atomic E-state index is 10.5. The van der Waals surface area contributed by atoms with E-state index in [2.05, 4.69) is 0 Å². The average molecular weight is 260 g/mol. The maximum absolute atomic E-state index is 10.5. The standard InChI is InChI=1S/C12H20O6/c1-10(2)15-6-12(18-10)9(13)8-7(5-14-12)16-11(3,4)17-8/h7-9,13H,5-6H2,1-4H3/t7?,8?,9?,12-/m0/s1. The molecule has 1 N–H and O–H groups in total. The van der Waals surface area contributed by atoms with Crippen LogP contribution in [-0.2, 0) is 23.7 Å². The average Bonchev–Trinajstić information content (AvgIpc) is 2.71. The number of fused-ring (bicyclic) bond motifs is 1. The van der Waals surface area contributed by atoms with Crippen molar-refractivity contribution in [2.24, 2.45) is 0 Å². The van der Waals surface area contributed by atoms with Crippen molar-refractivity contribution in [3.8, 4) is 0 Å². The lowest BCUT2D eigenvalue weighted by Gasteiger charge is -2.41.